The van der Waals surface area contributed by atoms with Crippen molar-refractivity contribution in [2.45, 2.75) is 20.8 Å². The minimum absolute atomic E-state index is 0.0632. The molecule has 82 valence electrons. The van der Waals surface area contributed by atoms with E-state index in [9.17, 15) is 10.1 Å². The first-order chi connectivity index (χ1) is 7.33. The zero-order valence-corrected chi connectivity index (χ0v) is 10.0. The van der Waals surface area contributed by atoms with Crippen LogP contribution in [0.4, 0.5) is 10.7 Å². The van der Waals surface area contributed by atoms with E-state index in [0.717, 1.165) is 11.3 Å². The normalized spacial score (nSPS) is 10.1. The molecule has 1 heterocycles. The molecule has 0 fully saturated rings. The van der Waals surface area contributed by atoms with E-state index < -0.39 is 4.92 Å². The van der Waals surface area contributed by atoms with Crippen LogP contribution in [-0.2, 0) is 0 Å². The second-order valence-electron chi connectivity index (χ2n) is 4.17. The van der Waals surface area contributed by atoms with Crippen LogP contribution in [0.1, 0.15) is 25.6 Å². The van der Waals surface area contributed by atoms with Crippen molar-refractivity contribution in [1.29, 1.82) is 0 Å². The highest BCUT2D eigenvalue weighted by Gasteiger charge is 2.18. The molecule has 5 heteroatoms. The number of hydrogen-bond acceptors (Lipinski definition) is 3. The summed E-state index contributed by atoms with van der Waals surface area (Å²) < 4.78 is 0. The fourth-order valence-corrected chi connectivity index (χ4v) is 1.66. The third kappa shape index (κ3) is 3.08. The van der Waals surface area contributed by atoms with Gasteiger partial charge in [0.05, 0.1) is 16.4 Å². The van der Waals surface area contributed by atoms with Gasteiger partial charge in [-0.15, -0.1) is 0 Å². The van der Waals surface area contributed by atoms with Crippen LogP contribution in [-0.4, -0.2) is 4.92 Å². The highest BCUT2D eigenvalue weighted by molar-refractivity contribution is 7.16. The lowest BCUT2D eigenvalue weighted by molar-refractivity contribution is -0.379. The maximum absolute atomic E-state index is 10.6. The maximum atomic E-state index is 10.6. The molecule has 0 amide bonds. The van der Waals surface area contributed by atoms with E-state index >= 15 is 0 Å². The highest BCUT2D eigenvalue weighted by Crippen LogP contribution is 2.36. The molecule has 0 radical (unpaired) electrons. The monoisotopic (exact) mass is 234 g/mol. The van der Waals surface area contributed by atoms with E-state index in [1.165, 1.54) is 6.07 Å². The summed E-state index contributed by atoms with van der Waals surface area (Å²) in [5, 5.41) is 10.5. The van der Waals surface area contributed by atoms with Gasteiger partial charge in [0.2, 0.25) is 0 Å². The summed E-state index contributed by atoms with van der Waals surface area (Å²) in [5.74, 6) is 5.83. The van der Waals surface area contributed by atoms with E-state index in [4.69, 9.17) is 6.57 Å². The molecule has 0 aliphatic heterocycles. The fourth-order valence-electron chi connectivity index (χ4n) is 0.893. The SMILES string of the molecule is [C-]#[N+]c1cc(C#CC(C)(C)C)sc1[N+](=O)[O-]. The highest BCUT2D eigenvalue weighted by atomic mass is 32.1. The number of hydrogen-bond donors (Lipinski definition) is 0. The molecule has 0 aliphatic rings. The zero-order valence-electron chi connectivity index (χ0n) is 9.20. The van der Waals surface area contributed by atoms with Gasteiger partial charge < -0.3 is 0 Å². The Hall–Kier alpha value is -1.85. The summed E-state index contributed by atoms with van der Waals surface area (Å²) in [4.78, 5) is 13.7. The minimum Gasteiger partial charge on any atom is -0.259 e. The van der Waals surface area contributed by atoms with Crippen molar-refractivity contribution >= 4 is 22.0 Å². The van der Waals surface area contributed by atoms with Gasteiger partial charge in [-0.05, 0) is 26.8 Å². The average Bonchev–Trinajstić information content (AvgIpc) is 2.56. The van der Waals surface area contributed by atoms with Gasteiger partial charge in [-0.2, -0.15) is 0 Å². The number of rotatable bonds is 1. The average molecular weight is 234 g/mol. The molecule has 0 saturated heterocycles. The predicted octanol–water partition coefficient (Wildman–Crippen LogP) is 3.60. The largest absolute Gasteiger partial charge is 0.334 e. The summed E-state index contributed by atoms with van der Waals surface area (Å²) in [5.41, 5.74) is -0.0926. The molecule has 1 rings (SSSR count). The predicted molar refractivity (Wildman–Crippen MR) is 63.6 cm³/mol. The molecule has 0 aliphatic carbocycles. The van der Waals surface area contributed by atoms with Gasteiger partial charge >= 0.3 is 5.00 Å². The van der Waals surface area contributed by atoms with Crippen LogP contribution >= 0.6 is 11.3 Å². The van der Waals surface area contributed by atoms with Crippen molar-refractivity contribution in [2.24, 2.45) is 5.41 Å². The fraction of sp³-hybridized carbons (Fsp3) is 0.364. The summed E-state index contributed by atoms with van der Waals surface area (Å²) >= 11 is 0.946. The molecule has 0 N–H and O–H groups in total. The summed E-state index contributed by atoms with van der Waals surface area (Å²) in [6.07, 6.45) is 0. The van der Waals surface area contributed by atoms with E-state index in [1.54, 1.807) is 0 Å². The van der Waals surface area contributed by atoms with Gasteiger partial charge in [-0.3, -0.25) is 10.1 Å². The molecule has 4 nitrogen and oxygen atoms in total. The van der Waals surface area contributed by atoms with Crippen molar-refractivity contribution < 1.29 is 4.92 Å². The van der Waals surface area contributed by atoms with Crippen molar-refractivity contribution in [2.75, 3.05) is 0 Å². The summed E-state index contributed by atoms with van der Waals surface area (Å²) in [6, 6.07) is 1.47. The maximum Gasteiger partial charge on any atom is 0.334 e. The Labute approximate surface area is 97.9 Å². The standard InChI is InChI=1S/C11H10N2O2S/c1-11(2,3)6-5-8-7-9(12-4)10(16-8)13(14)15/h7H,1-3H3. The Morgan fingerprint density at radius 1 is 1.56 bits per heavy atom. The van der Waals surface area contributed by atoms with Crippen molar-refractivity contribution in [3.05, 3.63) is 32.5 Å². The third-order valence-electron chi connectivity index (χ3n) is 1.54. The minimum atomic E-state index is -0.541. The molecule has 16 heavy (non-hydrogen) atoms. The molecule has 0 bridgehead atoms. The smallest absolute Gasteiger partial charge is 0.259 e. The Morgan fingerprint density at radius 3 is 2.56 bits per heavy atom. The van der Waals surface area contributed by atoms with E-state index in [1.807, 2.05) is 20.8 Å². The zero-order chi connectivity index (χ0) is 12.3. The van der Waals surface area contributed by atoms with E-state index in [2.05, 4.69) is 16.7 Å². The van der Waals surface area contributed by atoms with Gasteiger partial charge in [0.15, 0.2) is 0 Å². The molecule has 0 atom stereocenters. The molecule has 1 aromatic rings. The lowest BCUT2D eigenvalue weighted by Gasteiger charge is -2.06. The second kappa shape index (κ2) is 4.34. The molecular weight excluding hydrogens is 224 g/mol. The van der Waals surface area contributed by atoms with Crippen LogP contribution in [0.5, 0.6) is 0 Å². The van der Waals surface area contributed by atoms with Gasteiger partial charge in [-0.25, -0.2) is 4.85 Å². The van der Waals surface area contributed by atoms with Crippen LogP contribution in [0.15, 0.2) is 6.07 Å². The lowest BCUT2D eigenvalue weighted by Crippen LogP contribution is -1.98. The van der Waals surface area contributed by atoms with Crippen LogP contribution in [0.25, 0.3) is 4.85 Å². The summed E-state index contributed by atoms with van der Waals surface area (Å²) in [6.45, 7) is 12.7. The number of nitrogens with zero attached hydrogens (tertiary/aromatic N) is 2. The molecule has 0 spiro atoms. The Kier molecular flexibility index (Phi) is 3.31. The second-order valence-corrected chi connectivity index (χ2v) is 5.20. The van der Waals surface area contributed by atoms with Crippen LogP contribution in [0.2, 0.25) is 0 Å². The van der Waals surface area contributed by atoms with Crippen molar-refractivity contribution in [1.82, 2.24) is 0 Å². The van der Waals surface area contributed by atoms with E-state index in [-0.39, 0.29) is 16.1 Å². The third-order valence-corrected chi connectivity index (χ3v) is 2.53. The Balaban J connectivity index is 3.14. The van der Waals surface area contributed by atoms with E-state index in [0.29, 0.717) is 4.88 Å². The van der Waals surface area contributed by atoms with Crippen LogP contribution in [0.3, 0.4) is 0 Å². The van der Waals surface area contributed by atoms with Gasteiger partial charge in [0.1, 0.15) is 0 Å². The quantitative estimate of drug-likeness (QED) is 0.322. The first-order valence-corrected chi connectivity index (χ1v) is 5.34. The van der Waals surface area contributed by atoms with Crippen LogP contribution < -0.4 is 0 Å². The van der Waals surface area contributed by atoms with Crippen molar-refractivity contribution in [3.63, 3.8) is 0 Å². The van der Waals surface area contributed by atoms with Gasteiger partial charge in [0.25, 0.3) is 5.69 Å². The molecule has 0 saturated carbocycles. The number of thiophene rings is 1. The van der Waals surface area contributed by atoms with Gasteiger partial charge in [0, 0.05) is 5.41 Å². The first-order valence-electron chi connectivity index (χ1n) is 4.52. The topological polar surface area (TPSA) is 47.5 Å². The lowest BCUT2D eigenvalue weighted by atomic mass is 9.98. The van der Waals surface area contributed by atoms with Gasteiger partial charge in [-0.1, -0.05) is 23.2 Å². The Morgan fingerprint density at radius 2 is 2.19 bits per heavy atom. The number of nitro groups is 1. The molecule has 0 unspecified atom stereocenters. The first kappa shape index (κ1) is 12.2. The van der Waals surface area contributed by atoms with Crippen molar-refractivity contribution in [3.8, 4) is 11.8 Å². The Bertz CT molecular complexity index is 521. The van der Waals surface area contributed by atoms with Crippen LogP contribution in [0, 0.1) is 33.9 Å². The molecule has 0 aromatic carbocycles. The molecule has 1 aromatic heterocycles. The molecular formula is C11H10N2O2S. The summed E-state index contributed by atoms with van der Waals surface area (Å²) in [7, 11) is 0.